The van der Waals surface area contributed by atoms with Crippen LogP contribution in [-0.4, -0.2) is 27.5 Å². The lowest BCUT2D eigenvalue weighted by Gasteiger charge is -2.22. The highest BCUT2D eigenvalue weighted by atomic mass is 35.5. The number of imidazole rings is 1. The predicted molar refractivity (Wildman–Crippen MR) is 96.9 cm³/mol. The molecule has 1 atom stereocenters. The van der Waals surface area contributed by atoms with E-state index in [0.717, 1.165) is 29.8 Å². The van der Waals surface area contributed by atoms with Gasteiger partial charge in [-0.05, 0) is 32.4 Å². The number of nitrogens with two attached hydrogens (primary N) is 1. The van der Waals surface area contributed by atoms with Gasteiger partial charge in [0.15, 0.2) is 0 Å². The van der Waals surface area contributed by atoms with Gasteiger partial charge in [0.05, 0.1) is 16.6 Å². The molecule has 0 radical (unpaired) electrons. The summed E-state index contributed by atoms with van der Waals surface area (Å²) >= 11 is 0. The fourth-order valence-corrected chi connectivity index (χ4v) is 2.79. The Morgan fingerprint density at radius 1 is 1.35 bits per heavy atom. The molecule has 0 fully saturated rings. The third kappa shape index (κ3) is 4.45. The summed E-state index contributed by atoms with van der Waals surface area (Å²) in [6, 6.07) is 8.10. The average Bonchev–Trinajstić information content (AvgIpc) is 2.84. The zero-order chi connectivity index (χ0) is 16.2. The highest BCUT2D eigenvalue weighted by Gasteiger charge is 2.26. The topological polar surface area (TPSA) is 72.9 Å². The standard InChI is InChI=1S/C17H26N4O.ClH/c1-4-11-17(3,18)16(22)19-12-10-15-20-13-8-6-7-9-14(13)21(15)5-2;/h6-9H,4-5,10-12,18H2,1-3H3,(H,19,22);1H. The number of carbonyl (C=O) groups is 1. The molecule has 0 saturated heterocycles. The van der Waals surface area contributed by atoms with Crippen LogP contribution in [0.5, 0.6) is 0 Å². The molecular formula is C17H27ClN4O. The quantitative estimate of drug-likeness (QED) is 0.815. The van der Waals surface area contributed by atoms with Gasteiger partial charge in [-0.1, -0.05) is 25.5 Å². The van der Waals surface area contributed by atoms with E-state index in [1.54, 1.807) is 6.92 Å². The van der Waals surface area contributed by atoms with Gasteiger partial charge in [0.25, 0.3) is 0 Å². The Morgan fingerprint density at radius 3 is 2.70 bits per heavy atom. The number of aryl methyl sites for hydroxylation is 1. The number of rotatable bonds is 7. The number of carbonyl (C=O) groups excluding carboxylic acids is 1. The summed E-state index contributed by atoms with van der Waals surface area (Å²) in [5, 5.41) is 2.93. The van der Waals surface area contributed by atoms with E-state index in [1.165, 1.54) is 0 Å². The summed E-state index contributed by atoms with van der Waals surface area (Å²) < 4.78 is 2.19. The maximum atomic E-state index is 12.1. The van der Waals surface area contributed by atoms with Crippen LogP contribution >= 0.6 is 12.4 Å². The van der Waals surface area contributed by atoms with E-state index in [1.807, 2.05) is 25.1 Å². The highest BCUT2D eigenvalue weighted by molar-refractivity contribution is 5.85. The normalized spacial score (nSPS) is 13.4. The van der Waals surface area contributed by atoms with Crippen LogP contribution in [-0.2, 0) is 17.8 Å². The van der Waals surface area contributed by atoms with E-state index in [-0.39, 0.29) is 18.3 Å². The zero-order valence-corrected chi connectivity index (χ0v) is 14.9. The van der Waals surface area contributed by atoms with Gasteiger partial charge in [-0.3, -0.25) is 4.79 Å². The Kier molecular flexibility index (Phi) is 7.03. The minimum Gasteiger partial charge on any atom is -0.354 e. The molecule has 128 valence electrons. The summed E-state index contributed by atoms with van der Waals surface area (Å²) in [7, 11) is 0. The summed E-state index contributed by atoms with van der Waals surface area (Å²) in [6.07, 6.45) is 2.29. The lowest BCUT2D eigenvalue weighted by molar-refractivity contribution is -0.126. The van der Waals surface area contributed by atoms with Crippen molar-refractivity contribution in [3.05, 3.63) is 30.1 Å². The number of para-hydroxylation sites is 2. The first-order chi connectivity index (χ1) is 10.5. The first-order valence-electron chi connectivity index (χ1n) is 8.01. The fraction of sp³-hybridized carbons (Fsp3) is 0.529. The molecule has 6 heteroatoms. The third-order valence-corrected chi connectivity index (χ3v) is 3.97. The van der Waals surface area contributed by atoms with Crippen LogP contribution in [0.15, 0.2) is 24.3 Å². The molecule has 0 aliphatic heterocycles. The molecule has 2 aromatic rings. The minimum atomic E-state index is -0.792. The largest absolute Gasteiger partial charge is 0.354 e. The van der Waals surface area contributed by atoms with Crippen molar-refractivity contribution in [2.24, 2.45) is 5.73 Å². The number of benzene rings is 1. The summed E-state index contributed by atoms with van der Waals surface area (Å²) in [4.78, 5) is 16.8. The Balaban J connectivity index is 0.00000264. The molecule has 0 saturated carbocycles. The zero-order valence-electron chi connectivity index (χ0n) is 14.1. The molecule has 1 aromatic heterocycles. The van der Waals surface area contributed by atoms with Crippen molar-refractivity contribution in [1.82, 2.24) is 14.9 Å². The number of hydrogen-bond donors (Lipinski definition) is 2. The van der Waals surface area contributed by atoms with Crippen molar-refractivity contribution in [3.8, 4) is 0 Å². The van der Waals surface area contributed by atoms with E-state index in [9.17, 15) is 4.79 Å². The van der Waals surface area contributed by atoms with Crippen molar-refractivity contribution in [2.45, 2.75) is 52.1 Å². The number of hydrogen-bond acceptors (Lipinski definition) is 3. The van der Waals surface area contributed by atoms with Crippen LogP contribution in [0, 0.1) is 0 Å². The molecular weight excluding hydrogens is 312 g/mol. The van der Waals surface area contributed by atoms with Crippen molar-refractivity contribution in [2.75, 3.05) is 6.54 Å². The van der Waals surface area contributed by atoms with Gasteiger partial charge >= 0.3 is 0 Å². The second kappa shape index (κ2) is 8.31. The second-order valence-electron chi connectivity index (χ2n) is 5.93. The lowest BCUT2D eigenvalue weighted by Crippen LogP contribution is -2.51. The molecule has 0 spiro atoms. The molecule has 0 aliphatic rings. The van der Waals surface area contributed by atoms with Crippen molar-refractivity contribution in [3.63, 3.8) is 0 Å². The number of nitrogens with one attached hydrogen (secondary N) is 1. The number of nitrogens with zero attached hydrogens (tertiary/aromatic N) is 2. The number of amides is 1. The molecule has 2 rings (SSSR count). The first kappa shape index (κ1) is 19.5. The SMILES string of the molecule is CCCC(C)(N)C(=O)NCCc1nc2ccccc2n1CC.Cl. The van der Waals surface area contributed by atoms with E-state index in [0.29, 0.717) is 19.4 Å². The van der Waals surface area contributed by atoms with E-state index < -0.39 is 5.54 Å². The van der Waals surface area contributed by atoms with E-state index in [2.05, 4.69) is 27.9 Å². The van der Waals surface area contributed by atoms with Crippen LogP contribution in [0.25, 0.3) is 11.0 Å². The second-order valence-corrected chi connectivity index (χ2v) is 5.93. The van der Waals surface area contributed by atoms with Crippen LogP contribution < -0.4 is 11.1 Å². The number of aromatic nitrogens is 2. The van der Waals surface area contributed by atoms with Crippen LogP contribution in [0.4, 0.5) is 0 Å². The van der Waals surface area contributed by atoms with Gasteiger partial charge in [0.2, 0.25) is 5.91 Å². The maximum absolute atomic E-state index is 12.1. The first-order valence-corrected chi connectivity index (χ1v) is 8.01. The summed E-state index contributed by atoms with van der Waals surface area (Å²) in [5.41, 5.74) is 7.38. The Bertz CT molecular complexity index is 651. The average molecular weight is 339 g/mol. The van der Waals surface area contributed by atoms with Gasteiger partial charge in [-0.25, -0.2) is 4.98 Å². The van der Waals surface area contributed by atoms with Crippen molar-refractivity contribution in [1.29, 1.82) is 0 Å². The molecule has 1 amide bonds. The summed E-state index contributed by atoms with van der Waals surface area (Å²) in [6.45, 7) is 7.34. The van der Waals surface area contributed by atoms with Crippen molar-refractivity contribution < 1.29 is 4.79 Å². The summed E-state index contributed by atoms with van der Waals surface area (Å²) in [5.74, 6) is 0.909. The predicted octanol–water partition coefficient (Wildman–Crippen LogP) is 2.65. The third-order valence-electron chi connectivity index (χ3n) is 3.97. The van der Waals surface area contributed by atoms with Crippen LogP contribution in [0.2, 0.25) is 0 Å². The Hall–Kier alpha value is -1.59. The Morgan fingerprint density at radius 2 is 2.04 bits per heavy atom. The van der Waals surface area contributed by atoms with E-state index >= 15 is 0 Å². The number of fused-ring (bicyclic) bond motifs is 1. The molecule has 5 nitrogen and oxygen atoms in total. The maximum Gasteiger partial charge on any atom is 0.239 e. The van der Waals surface area contributed by atoms with Crippen molar-refractivity contribution >= 4 is 29.3 Å². The van der Waals surface area contributed by atoms with Crippen LogP contribution in [0.3, 0.4) is 0 Å². The van der Waals surface area contributed by atoms with Gasteiger partial charge in [0, 0.05) is 19.5 Å². The molecule has 1 unspecified atom stereocenters. The lowest BCUT2D eigenvalue weighted by atomic mass is 9.96. The van der Waals surface area contributed by atoms with Gasteiger partial charge < -0.3 is 15.6 Å². The minimum absolute atomic E-state index is 0. The van der Waals surface area contributed by atoms with Crippen LogP contribution in [0.1, 0.15) is 39.4 Å². The molecule has 1 heterocycles. The van der Waals surface area contributed by atoms with E-state index in [4.69, 9.17) is 5.73 Å². The monoisotopic (exact) mass is 338 g/mol. The molecule has 3 N–H and O–H groups in total. The molecule has 1 aromatic carbocycles. The number of halogens is 1. The van der Waals surface area contributed by atoms with Gasteiger partial charge in [-0.2, -0.15) is 0 Å². The van der Waals surface area contributed by atoms with Gasteiger partial charge in [0.1, 0.15) is 5.82 Å². The molecule has 23 heavy (non-hydrogen) atoms. The van der Waals surface area contributed by atoms with Gasteiger partial charge in [-0.15, -0.1) is 12.4 Å². The molecule has 0 bridgehead atoms. The fourth-order valence-electron chi connectivity index (χ4n) is 2.79. The smallest absolute Gasteiger partial charge is 0.239 e. The highest BCUT2D eigenvalue weighted by Crippen LogP contribution is 2.16. The Labute approximate surface area is 144 Å². The molecule has 0 aliphatic carbocycles.